The van der Waals surface area contributed by atoms with Gasteiger partial charge in [0.15, 0.2) is 0 Å². The predicted octanol–water partition coefficient (Wildman–Crippen LogP) is 2.85. The second-order valence-electron chi connectivity index (χ2n) is 1.30. The summed E-state index contributed by atoms with van der Waals surface area (Å²) < 4.78 is 12.2. The smallest absolute Gasteiger partial charge is 0.119 e. The molecule has 0 aliphatic heterocycles. The van der Waals surface area contributed by atoms with Gasteiger partial charge in [-0.15, -0.1) is 11.3 Å². The predicted molar refractivity (Wildman–Crippen MR) is 40.0 cm³/mol. The van der Waals surface area contributed by atoms with Gasteiger partial charge in [-0.25, -0.2) is 9.37 Å². The van der Waals surface area contributed by atoms with Crippen LogP contribution in [0.4, 0.5) is 4.39 Å². The lowest BCUT2D eigenvalue weighted by molar-refractivity contribution is 0.727. The summed E-state index contributed by atoms with van der Waals surface area (Å²) in [4.78, 5) is 3.91. The number of thiazole rings is 1. The van der Waals surface area contributed by atoms with E-state index in [2.05, 4.69) is 20.9 Å². The number of halogens is 2. The van der Waals surface area contributed by atoms with Crippen molar-refractivity contribution in [3.05, 3.63) is 21.3 Å². The van der Waals surface area contributed by atoms with Crippen LogP contribution in [-0.4, -0.2) is 4.98 Å². The van der Waals surface area contributed by atoms with Crippen LogP contribution in [0.3, 0.4) is 0 Å². The van der Waals surface area contributed by atoms with Crippen molar-refractivity contribution in [2.45, 2.75) is 0 Å². The Kier molecular flexibility index (Phi) is 2.36. The van der Waals surface area contributed by atoms with Gasteiger partial charge in [0.25, 0.3) is 0 Å². The average Bonchev–Trinajstić information content (AvgIpc) is 2.17. The number of nitrogens with zero attached hydrogens (tertiary/aromatic N) is 1. The van der Waals surface area contributed by atoms with E-state index in [1.54, 1.807) is 5.38 Å². The highest BCUT2D eigenvalue weighted by atomic mass is 79.9. The number of rotatable bonds is 1. The van der Waals surface area contributed by atoms with Gasteiger partial charge >= 0.3 is 0 Å². The van der Waals surface area contributed by atoms with E-state index in [1.807, 2.05) is 0 Å². The maximum atomic E-state index is 11.5. The van der Waals surface area contributed by atoms with Gasteiger partial charge in [0.05, 0.1) is 6.33 Å². The molecular weight excluding hydrogens is 205 g/mol. The molecule has 0 saturated carbocycles. The maximum Gasteiger partial charge on any atom is 0.119 e. The van der Waals surface area contributed by atoms with E-state index in [0.717, 1.165) is 4.60 Å². The van der Waals surface area contributed by atoms with Crippen molar-refractivity contribution in [1.29, 1.82) is 0 Å². The van der Waals surface area contributed by atoms with Crippen molar-refractivity contribution >= 4 is 33.3 Å². The molecule has 0 radical (unpaired) electrons. The largest absolute Gasteiger partial charge is 0.230 e. The van der Waals surface area contributed by atoms with Crippen LogP contribution in [0, 0.1) is 0 Å². The molecule has 1 aromatic heterocycles. The van der Waals surface area contributed by atoms with Crippen LogP contribution in [-0.2, 0) is 0 Å². The van der Waals surface area contributed by atoms with Crippen LogP contribution >= 0.6 is 27.3 Å². The molecular formula is C5H3BrFNS. The molecule has 1 rings (SSSR count). The fraction of sp³-hybridized carbons (Fsp3) is 0. The van der Waals surface area contributed by atoms with Crippen LogP contribution < -0.4 is 0 Å². The summed E-state index contributed by atoms with van der Waals surface area (Å²) in [6.45, 7) is 0. The molecule has 1 nitrogen and oxygen atoms in total. The first-order valence-electron chi connectivity index (χ1n) is 2.20. The van der Waals surface area contributed by atoms with Crippen molar-refractivity contribution in [1.82, 2.24) is 4.98 Å². The fourth-order valence-corrected chi connectivity index (χ4v) is 1.54. The molecule has 0 fully saturated rings. The summed E-state index contributed by atoms with van der Waals surface area (Å²) in [7, 11) is 0. The molecule has 0 atom stereocenters. The van der Waals surface area contributed by atoms with Gasteiger partial charge in [0.2, 0.25) is 0 Å². The highest BCUT2D eigenvalue weighted by molar-refractivity contribution is 9.10. The SMILES string of the molecule is F/C=C\c1nc(Br)cs1. The molecule has 48 valence electrons. The minimum Gasteiger partial charge on any atom is -0.230 e. The number of aromatic nitrogens is 1. The van der Waals surface area contributed by atoms with Crippen LogP contribution in [0.25, 0.3) is 6.08 Å². The molecule has 9 heavy (non-hydrogen) atoms. The molecule has 4 heteroatoms. The highest BCUT2D eigenvalue weighted by Crippen LogP contribution is 2.15. The van der Waals surface area contributed by atoms with E-state index in [1.165, 1.54) is 17.4 Å². The molecule has 0 amide bonds. The van der Waals surface area contributed by atoms with Gasteiger partial charge in [-0.05, 0) is 15.9 Å². The summed E-state index contributed by atoms with van der Waals surface area (Å²) in [6.07, 6.45) is 1.79. The lowest BCUT2D eigenvalue weighted by Crippen LogP contribution is -1.64. The number of hydrogen-bond acceptors (Lipinski definition) is 2. The molecule has 0 bridgehead atoms. The van der Waals surface area contributed by atoms with Crippen LogP contribution in [0.2, 0.25) is 0 Å². The minimum absolute atomic E-state index is 0.477. The Morgan fingerprint density at radius 3 is 3.00 bits per heavy atom. The summed E-state index contributed by atoms with van der Waals surface area (Å²) in [5.74, 6) is 0. The van der Waals surface area contributed by atoms with Crippen molar-refractivity contribution in [2.75, 3.05) is 0 Å². The Morgan fingerprint density at radius 2 is 2.56 bits per heavy atom. The Hall–Kier alpha value is -0.220. The van der Waals surface area contributed by atoms with Crippen molar-refractivity contribution in [2.24, 2.45) is 0 Å². The lowest BCUT2D eigenvalue weighted by atomic mass is 10.7. The maximum absolute atomic E-state index is 11.5. The molecule has 0 unspecified atom stereocenters. The van der Waals surface area contributed by atoms with E-state index >= 15 is 0 Å². The second-order valence-corrected chi connectivity index (χ2v) is 3.00. The van der Waals surface area contributed by atoms with Gasteiger partial charge in [0.1, 0.15) is 9.61 Å². The number of hydrogen-bond donors (Lipinski definition) is 0. The van der Waals surface area contributed by atoms with Crippen LogP contribution in [0.5, 0.6) is 0 Å². The Labute approximate surface area is 64.4 Å². The lowest BCUT2D eigenvalue weighted by Gasteiger charge is -1.74. The van der Waals surface area contributed by atoms with E-state index < -0.39 is 0 Å². The first-order chi connectivity index (χ1) is 4.33. The van der Waals surface area contributed by atoms with Crippen molar-refractivity contribution in [3.8, 4) is 0 Å². The van der Waals surface area contributed by atoms with E-state index in [4.69, 9.17) is 0 Å². The van der Waals surface area contributed by atoms with Crippen molar-refractivity contribution < 1.29 is 4.39 Å². The van der Waals surface area contributed by atoms with Gasteiger partial charge in [-0.1, -0.05) is 0 Å². The van der Waals surface area contributed by atoms with Crippen LogP contribution in [0.15, 0.2) is 16.3 Å². The van der Waals surface area contributed by atoms with Gasteiger partial charge in [-0.2, -0.15) is 0 Å². The zero-order valence-electron chi connectivity index (χ0n) is 4.34. The zero-order valence-corrected chi connectivity index (χ0v) is 6.75. The molecule has 0 aromatic carbocycles. The highest BCUT2D eigenvalue weighted by Gasteiger charge is 1.92. The quantitative estimate of drug-likeness (QED) is 0.691. The van der Waals surface area contributed by atoms with E-state index in [9.17, 15) is 4.39 Å². The van der Waals surface area contributed by atoms with Gasteiger partial charge < -0.3 is 0 Å². The summed E-state index contributed by atoms with van der Waals surface area (Å²) in [5, 5.41) is 2.47. The molecule has 1 aromatic rings. The van der Waals surface area contributed by atoms with E-state index in [0.29, 0.717) is 11.3 Å². The third kappa shape index (κ3) is 1.87. The molecule has 0 saturated heterocycles. The first-order valence-corrected chi connectivity index (χ1v) is 3.88. The Morgan fingerprint density at radius 1 is 1.78 bits per heavy atom. The molecule has 0 aliphatic rings. The fourth-order valence-electron chi connectivity index (χ4n) is 0.397. The van der Waals surface area contributed by atoms with Crippen molar-refractivity contribution in [3.63, 3.8) is 0 Å². The third-order valence-electron chi connectivity index (χ3n) is 0.699. The molecule has 0 spiro atoms. The normalized spacial score (nSPS) is 10.9. The zero-order chi connectivity index (χ0) is 6.69. The molecule has 1 heterocycles. The monoisotopic (exact) mass is 207 g/mol. The molecule has 0 aliphatic carbocycles. The second kappa shape index (κ2) is 3.08. The standard InChI is InChI=1S/C5H3BrFNS/c6-4-3-9-5(8-4)1-2-7/h1-3H/b2-1-. The topological polar surface area (TPSA) is 12.9 Å². The Bertz CT molecular complexity index is 220. The average molecular weight is 208 g/mol. The summed E-state index contributed by atoms with van der Waals surface area (Å²) >= 11 is 4.53. The van der Waals surface area contributed by atoms with Gasteiger partial charge in [-0.3, -0.25) is 0 Å². The van der Waals surface area contributed by atoms with E-state index in [-0.39, 0.29) is 0 Å². The Balaban J connectivity index is 2.85. The first kappa shape index (κ1) is 6.89. The third-order valence-corrected chi connectivity index (χ3v) is 2.22. The minimum atomic E-state index is 0.477. The van der Waals surface area contributed by atoms with Crippen LogP contribution in [0.1, 0.15) is 5.01 Å². The molecule has 0 N–H and O–H groups in total. The van der Waals surface area contributed by atoms with Gasteiger partial charge in [0, 0.05) is 11.5 Å². The summed E-state index contributed by atoms with van der Waals surface area (Å²) in [5.41, 5.74) is 0. The summed E-state index contributed by atoms with van der Waals surface area (Å²) in [6, 6.07) is 0.